The first-order chi connectivity index (χ1) is 11.7. The lowest BCUT2D eigenvalue weighted by Gasteiger charge is -2.27. The summed E-state index contributed by atoms with van der Waals surface area (Å²) in [6.07, 6.45) is 3.83. The molecule has 0 bridgehead atoms. The molecule has 2 amide bonds. The minimum Gasteiger partial charge on any atom is -0.339 e. The van der Waals surface area contributed by atoms with Crippen molar-refractivity contribution in [3.8, 4) is 0 Å². The lowest BCUT2D eigenvalue weighted by Crippen LogP contribution is -2.39. The molecule has 3 rings (SSSR count). The monoisotopic (exact) mass is 347 g/mol. The summed E-state index contributed by atoms with van der Waals surface area (Å²) in [4.78, 5) is 26.7. The molecule has 130 valence electrons. The lowest BCUT2D eigenvalue weighted by molar-refractivity contribution is -0.116. The second kappa shape index (κ2) is 8.53. The molecular formula is C18H25N3O2S. The van der Waals surface area contributed by atoms with E-state index in [0.29, 0.717) is 17.7 Å². The fourth-order valence-corrected chi connectivity index (χ4v) is 4.15. The Morgan fingerprint density at radius 3 is 2.83 bits per heavy atom. The number of carbonyl (C=O) groups is 2. The van der Waals surface area contributed by atoms with E-state index in [2.05, 4.69) is 10.6 Å². The topological polar surface area (TPSA) is 61.4 Å². The van der Waals surface area contributed by atoms with E-state index in [1.54, 1.807) is 6.07 Å². The highest BCUT2D eigenvalue weighted by molar-refractivity contribution is 7.99. The summed E-state index contributed by atoms with van der Waals surface area (Å²) in [6.45, 7) is 2.63. The molecule has 0 spiro atoms. The van der Waals surface area contributed by atoms with Crippen molar-refractivity contribution in [3.63, 3.8) is 0 Å². The Kier molecular flexibility index (Phi) is 6.15. The van der Waals surface area contributed by atoms with E-state index in [1.165, 1.54) is 6.42 Å². The highest BCUT2D eigenvalue weighted by atomic mass is 32.2. The minimum atomic E-state index is -0.00225. The Balaban J connectivity index is 1.57. The molecule has 1 unspecified atom stereocenters. The predicted molar refractivity (Wildman–Crippen MR) is 98.6 cm³/mol. The average Bonchev–Trinajstić information content (AvgIpc) is 2.63. The fourth-order valence-electron chi connectivity index (χ4n) is 3.20. The molecule has 6 heteroatoms. The van der Waals surface area contributed by atoms with Crippen molar-refractivity contribution < 1.29 is 9.59 Å². The van der Waals surface area contributed by atoms with Gasteiger partial charge in [0.05, 0.1) is 0 Å². The number of hydrogen-bond acceptors (Lipinski definition) is 4. The summed E-state index contributed by atoms with van der Waals surface area (Å²) in [6, 6.07) is 7.53. The zero-order valence-corrected chi connectivity index (χ0v) is 14.7. The largest absolute Gasteiger partial charge is 0.339 e. The van der Waals surface area contributed by atoms with Gasteiger partial charge in [0, 0.05) is 54.9 Å². The summed E-state index contributed by atoms with van der Waals surface area (Å²) in [5.41, 5.74) is 1.35. The highest BCUT2D eigenvalue weighted by Gasteiger charge is 2.19. The Morgan fingerprint density at radius 2 is 2.08 bits per heavy atom. The molecule has 0 aromatic heterocycles. The van der Waals surface area contributed by atoms with Crippen LogP contribution >= 0.6 is 11.8 Å². The molecule has 2 heterocycles. The lowest BCUT2D eigenvalue weighted by atomic mass is 10.1. The molecule has 0 aliphatic carbocycles. The normalized spacial score (nSPS) is 21.3. The van der Waals surface area contributed by atoms with Gasteiger partial charge in [-0.3, -0.25) is 9.59 Å². The molecule has 1 aromatic rings. The summed E-state index contributed by atoms with van der Waals surface area (Å²) in [5, 5.41) is 6.29. The van der Waals surface area contributed by atoms with Crippen LogP contribution in [0.3, 0.4) is 0 Å². The molecular weight excluding hydrogens is 322 g/mol. The molecule has 1 atom stereocenters. The van der Waals surface area contributed by atoms with Crippen LogP contribution in [0.4, 0.5) is 5.69 Å². The molecule has 1 aromatic carbocycles. The van der Waals surface area contributed by atoms with Gasteiger partial charge in [0.1, 0.15) is 0 Å². The molecule has 2 aliphatic heterocycles. The van der Waals surface area contributed by atoms with Crippen LogP contribution in [0.2, 0.25) is 0 Å². The number of anilines is 1. The van der Waals surface area contributed by atoms with E-state index in [4.69, 9.17) is 0 Å². The van der Waals surface area contributed by atoms with Crippen molar-refractivity contribution in [2.75, 3.05) is 36.5 Å². The van der Waals surface area contributed by atoms with Crippen molar-refractivity contribution in [2.45, 2.75) is 31.7 Å². The van der Waals surface area contributed by atoms with Crippen LogP contribution in [0.1, 0.15) is 36.0 Å². The highest BCUT2D eigenvalue weighted by Crippen LogP contribution is 2.17. The van der Waals surface area contributed by atoms with E-state index in [1.807, 2.05) is 34.9 Å². The molecule has 2 saturated heterocycles. The molecule has 24 heavy (non-hydrogen) atoms. The Bertz CT molecular complexity index is 581. The molecule has 5 nitrogen and oxygen atoms in total. The van der Waals surface area contributed by atoms with Gasteiger partial charge in [-0.25, -0.2) is 0 Å². The number of hydrogen-bond donors (Lipinski definition) is 2. The third-order valence-electron chi connectivity index (χ3n) is 4.47. The van der Waals surface area contributed by atoms with Gasteiger partial charge in [-0.1, -0.05) is 6.07 Å². The van der Waals surface area contributed by atoms with Crippen LogP contribution in [0, 0.1) is 0 Å². The number of likely N-dealkylation sites (tertiary alicyclic amines) is 1. The number of nitrogens with zero attached hydrogens (tertiary/aromatic N) is 1. The van der Waals surface area contributed by atoms with Crippen LogP contribution < -0.4 is 10.6 Å². The quantitative estimate of drug-likeness (QED) is 0.878. The van der Waals surface area contributed by atoms with Gasteiger partial charge in [0.2, 0.25) is 5.91 Å². The summed E-state index contributed by atoms with van der Waals surface area (Å²) < 4.78 is 0. The van der Waals surface area contributed by atoms with Crippen molar-refractivity contribution in [1.29, 1.82) is 0 Å². The second-order valence-corrected chi connectivity index (χ2v) is 7.56. The number of benzene rings is 1. The Morgan fingerprint density at radius 1 is 1.25 bits per heavy atom. The van der Waals surface area contributed by atoms with Crippen molar-refractivity contribution in [3.05, 3.63) is 29.8 Å². The summed E-state index contributed by atoms with van der Waals surface area (Å²) in [7, 11) is 0. The van der Waals surface area contributed by atoms with Crippen LogP contribution in [0.5, 0.6) is 0 Å². The molecule has 2 fully saturated rings. The predicted octanol–water partition coefficient (Wildman–Crippen LogP) is 2.35. The van der Waals surface area contributed by atoms with Crippen molar-refractivity contribution in [2.24, 2.45) is 0 Å². The molecule has 0 saturated carbocycles. The van der Waals surface area contributed by atoms with Crippen LogP contribution in [0.25, 0.3) is 0 Å². The first kappa shape index (κ1) is 17.3. The van der Waals surface area contributed by atoms with Gasteiger partial charge in [-0.05, 0) is 37.5 Å². The Hall–Kier alpha value is -1.53. The minimum absolute atomic E-state index is 0.00225. The number of amides is 2. The van der Waals surface area contributed by atoms with Gasteiger partial charge >= 0.3 is 0 Å². The van der Waals surface area contributed by atoms with E-state index < -0.39 is 0 Å². The van der Waals surface area contributed by atoms with Crippen molar-refractivity contribution >= 4 is 29.3 Å². The number of rotatable bonds is 4. The van der Waals surface area contributed by atoms with Gasteiger partial charge in [0.15, 0.2) is 0 Å². The summed E-state index contributed by atoms with van der Waals surface area (Å²) >= 11 is 1.88. The summed E-state index contributed by atoms with van der Waals surface area (Å²) in [5.74, 6) is 2.15. The third kappa shape index (κ3) is 4.74. The van der Waals surface area contributed by atoms with Crippen LogP contribution in [-0.4, -0.2) is 53.9 Å². The van der Waals surface area contributed by atoms with E-state index in [9.17, 15) is 9.59 Å². The standard InChI is InChI=1S/C18H25N3O2S/c22-17(12-16-13-24-10-7-19-16)20-15-6-4-5-14(11-15)18(23)21-8-2-1-3-9-21/h4-6,11,16,19H,1-3,7-10,12-13H2,(H,20,22). The second-order valence-electron chi connectivity index (χ2n) is 6.41. The molecule has 2 aliphatic rings. The fraction of sp³-hybridized carbons (Fsp3) is 0.556. The average molecular weight is 347 g/mol. The third-order valence-corrected chi connectivity index (χ3v) is 5.60. The van der Waals surface area contributed by atoms with Gasteiger partial charge in [-0.15, -0.1) is 0 Å². The maximum Gasteiger partial charge on any atom is 0.253 e. The van der Waals surface area contributed by atoms with Crippen LogP contribution in [0.15, 0.2) is 24.3 Å². The molecule has 0 radical (unpaired) electrons. The maximum absolute atomic E-state index is 12.6. The first-order valence-electron chi connectivity index (χ1n) is 8.73. The number of carbonyl (C=O) groups excluding carboxylic acids is 2. The van der Waals surface area contributed by atoms with Gasteiger partial charge in [0.25, 0.3) is 5.91 Å². The van der Waals surface area contributed by atoms with Gasteiger partial charge in [-0.2, -0.15) is 11.8 Å². The SMILES string of the molecule is O=C(CC1CSCCN1)Nc1cccc(C(=O)N2CCCCC2)c1. The van der Waals surface area contributed by atoms with Crippen LogP contribution in [-0.2, 0) is 4.79 Å². The van der Waals surface area contributed by atoms with E-state index in [0.717, 1.165) is 44.0 Å². The van der Waals surface area contributed by atoms with Crippen molar-refractivity contribution in [1.82, 2.24) is 10.2 Å². The molecule has 2 N–H and O–H groups in total. The zero-order valence-electron chi connectivity index (χ0n) is 13.9. The number of thioether (sulfide) groups is 1. The van der Waals surface area contributed by atoms with Gasteiger partial charge < -0.3 is 15.5 Å². The number of nitrogens with one attached hydrogen (secondary N) is 2. The maximum atomic E-state index is 12.6. The Labute approximate surface area is 147 Å². The van der Waals surface area contributed by atoms with E-state index in [-0.39, 0.29) is 17.9 Å². The zero-order chi connectivity index (χ0) is 16.8. The smallest absolute Gasteiger partial charge is 0.253 e. The number of piperidine rings is 1. The first-order valence-corrected chi connectivity index (χ1v) is 9.88. The van der Waals surface area contributed by atoms with E-state index >= 15 is 0 Å².